The lowest BCUT2D eigenvalue weighted by Crippen LogP contribution is -2.25. The van der Waals surface area contributed by atoms with E-state index in [0.717, 1.165) is 0 Å². The number of allylic oxidation sites excluding steroid dienone is 2. The molecule has 1 aliphatic carbocycles. The van der Waals surface area contributed by atoms with Gasteiger partial charge < -0.3 is 19.6 Å². The van der Waals surface area contributed by atoms with Gasteiger partial charge in [0.25, 0.3) is 0 Å². The molecule has 0 heterocycles. The summed E-state index contributed by atoms with van der Waals surface area (Å²) in [6, 6.07) is 0. The van der Waals surface area contributed by atoms with Gasteiger partial charge in [0.05, 0.1) is 0 Å². The molecule has 76 valence electrons. The molecule has 0 saturated heterocycles. The van der Waals surface area contributed by atoms with E-state index < -0.39 is 20.1 Å². The fraction of sp³-hybridized carbons (Fsp3) is 0.600. The van der Waals surface area contributed by atoms with Crippen molar-refractivity contribution in [1.29, 1.82) is 0 Å². The van der Waals surface area contributed by atoms with Crippen LogP contribution in [0.15, 0.2) is 12.2 Å². The first-order valence-electron chi connectivity index (χ1n) is 3.47. The van der Waals surface area contributed by atoms with E-state index in [1.807, 2.05) is 0 Å². The molecule has 1 rings (SSSR count). The fourth-order valence-corrected chi connectivity index (χ4v) is 4.00. The Kier molecular flexibility index (Phi) is 2.58. The Hall–Kier alpha value is 0.0400. The lowest BCUT2D eigenvalue weighted by atomic mass is 10.3. The van der Waals surface area contributed by atoms with E-state index in [1.54, 1.807) is 0 Å². The molecule has 0 spiro atoms. The fourth-order valence-electron chi connectivity index (χ4n) is 1.27. The third-order valence-corrected chi connectivity index (χ3v) is 6.60. The van der Waals surface area contributed by atoms with Crippen LogP contribution in [0.5, 0.6) is 0 Å². The average molecular weight is 228 g/mol. The van der Waals surface area contributed by atoms with E-state index in [9.17, 15) is 9.13 Å². The van der Waals surface area contributed by atoms with Gasteiger partial charge in [-0.2, -0.15) is 0 Å². The molecule has 0 amide bonds. The zero-order chi connectivity index (χ0) is 10.3. The molecule has 0 aromatic carbocycles. The van der Waals surface area contributed by atoms with Crippen LogP contribution in [-0.2, 0) is 9.13 Å². The second-order valence-electron chi connectivity index (χ2n) is 2.95. The van der Waals surface area contributed by atoms with Gasteiger partial charge in [0.2, 0.25) is 0 Å². The molecule has 0 bridgehead atoms. The topological polar surface area (TPSA) is 115 Å². The third kappa shape index (κ3) is 1.66. The molecule has 0 fully saturated rings. The van der Waals surface area contributed by atoms with Crippen molar-refractivity contribution in [1.82, 2.24) is 0 Å². The summed E-state index contributed by atoms with van der Waals surface area (Å²) in [5.41, 5.74) is 0. The van der Waals surface area contributed by atoms with E-state index in [1.165, 1.54) is 12.2 Å². The maximum absolute atomic E-state index is 11.0. The van der Waals surface area contributed by atoms with Gasteiger partial charge in [0.15, 0.2) is 4.90 Å². The largest absolute Gasteiger partial charge is 0.344 e. The van der Waals surface area contributed by atoms with Crippen molar-refractivity contribution < 1.29 is 28.7 Å². The minimum Gasteiger partial charge on any atom is -0.324 e. The van der Waals surface area contributed by atoms with Crippen LogP contribution in [0.3, 0.4) is 0 Å². The first-order valence-corrected chi connectivity index (χ1v) is 6.69. The van der Waals surface area contributed by atoms with E-state index in [2.05, 4.69) is 0 Å². The Morgan fingerprint density at radius 3 is 1.38 bits per heavy atom. The SMILES string of the molecule is O=P(O)(O)C1(P(=O)(O)O)CC=CC1. The molecule has 0 unspecified atom stereocenters. The van der Waals surface area contributed by atoms with Gasteiger partial charge in [0.1, 0.15) is 0 Å². The van der Waals surface area contributed by atoms with Crippen LogP contribution in [0.4, 0.5) is 0 Å². The molecule has 4 N–H and O–H groups in total. The monoisotopic (exact) mass is 228 g/mol. The zero-order valence-electron chi connectivity index (χ0n) is 6.57. The van der Waals surface area contributed by atoms with E-state index in [4.69, 9.17) is 19.6 Å². The summed E-state index contributed by atoms with van der Waals surface area (Å²) in [6.07, 6.45) is 2.19. The maximum Gasteiger partial charge on any atom is 0.344 e. The molecular formula is C5H10O6P2. The van der Waals surface area contributed by atoms with Crippen LogP contribution in [0, 0.1) is 0 Å². The van der Waals surface area contributed by atoms with E-state index in [0.29, 0.717) is 0 Å². The Labute approximate surface area is 74.6 Å². The molecule has 0 aromatic rings. The minimum absolute atomic E-state index is 0.276. The van der Waals surface area contributed by atoms with Crippen LogP contribution in [0.25, 0.3) is 0 Å². The standard InChI is InChI=1S/C5H10O6P2/c6-12(7,8)5(13(9,10)11)3-1-2-4-5/h1-2H,3-4H2,(H2,6,7,8)(H2,9,10,11). The molecule has 1 aliphatic rings. The predicted octanol–water partition coefficient (Wildman–Crippen LogP) is 0.388. The van der Waals surface area contributed by atoms with Crippen molar-refractivity contribution in [3.8, 4) is 0 Å². The molecule has 6 nitrogen and oxygen atoms in total. The number of rotatable bonds is 2. The highest BCUT2D eigenvalue weighted by Gasteiger charge is 2.59. The summed E-state index contributed by atoms with van der Waals surface area (Å²) >= 11 is 0. The second-order valence-corrected chi connectivity index (χ2v) is 7.19. The maximum atomic E-state index is 11.0. The van der Waals surface area contributed by atoms with Crippen LogP contribution < -0.4 is 0 Å². The summed E-state index contributed by atoms with van der Waals surface area (Å²) in [6.45, 7) is 0. The summed E-state index contributed by atoms with van der Waals surface area (Å²) in [7, 11) is -9.58. The highest BCUT2D eigenvalue weighted by Crippen LogP contribution is 2.73. The van der Waals surface area contributed by atoms with Gasteiger partial charge in [-0.15, -0.1) is 0 Å². The van der Waals surface area contributed by atoms with Crippen LogP contribution in [0.1, 0.15) is 12.8 Å². The van der Waals surface area contributed by atoms with Crippen LogP contribution in [-0.4, -0.2) is 24.5 Å². The third-order valence-electron chi connectivity index (χ3n) is 2.14. The van der Waals surface area contributed by atoms with Gasteiger partial charge in [-0.25, -0.2) is 0 Å². The molecule has 8 heteroatoms. The van der Waals surface area contributed by atoms with E-state index >= 15 is 0 Å². The lowest BCUT2D eigenvalue weighted by molar-refractivity contribution is 0.310. The molecule has 0 aliphatic heterocycles. The summed E-state index contributed by atoms with van der Waals surface area (Å²) in [5, 5.41) is 0. The molecule has 0 atom stereocenters. The Morgan fingerprint density at radius 1 is 0.923 bits per heavy atom. The molecule has 0 radical (unpaired) electrons. The predicted molar refractivity (Wildman–Crippen MR) is 45.2 cm³/mol. The van der Waals surface area contributed by atoms with Crippen LogP contribution in [0.2, 0.25) is 0 Å². The summed E-state index contributed by atoms with van der Waals surface area (Å²) in [4.78, 5) is 33.3. The molecule has 13 heavy (non-hydrogen) atoms. The van der Waals surface area contributed by atoms with Gasteiger partial charge in [-0.05, 0) is 12.8 Å². The first-order chi connectivity index (χ1) is 5.71. The van der Waals surface area contributed by atoms with Crippen LogP contribution >= 0.6 is 15.2 Å². The Balaban J connectivity index is 3.20. The molecule has 0 aromatic heterocycles. The highest BCUT2D eigenvalue weighted by atomic mass is 31.2. The average Bonchev–Trinajstić information content (AvgIpc) is 2.28. The Morgan fingerprint density at radius 2 is 1.23 bits per heavy atom. The van der Waals surface area contributed by atoms with Gasteiger partial charge in [-0.3, -0.25) is 9.13 Å². The van der Waals surface area contributed by atoms with Crippen molar-refractivity contribution in [2.24, 2.45) is 0 Å². The number of hydrogen-bond acceptors (Lipinski definition) is 2. The molecular weight excluding hydrogens is 218 g/mol. The molecule has 0 saturated carbocycles. The van der Waals surface area contributed by atoms with Crippen molar-refractivity contribution in [2.45, 2.75) is 17.7 Å². The van der Waals surface area contributed by atoms with Crippen molar-refractivity contribution in [3.63, 3.8) is 0 Å². The van der Waals surface area contributed by atoms with Crippen molar-refractivity contribution >= 4 is 15.2 Å². The van der Waals surface area contributed by atoms with Gasteiger partial charge in [-0.1, -0.05) is 12.2 Å². The second kappa shape index (κ2) is 3.02. The normalized spacial score (nSPS) is 22.2. The quantitative estimate of drug-likeness (QED) is 0.401. The van der Waals surface area contributed by atoms with Gasteiger partial charge in [0, 0.05) is 0 Å². The minimum atomic E-state index is -4.79. The number of hydrogen-bond donors (Lipinski definition) is 4. The van der Waals surface area contributed by atoms with E-state index in [-0.39, 0.29) is 12.8 Å². The Bertz CT molecular complexity index is 290. The zero-order valence-corrected chi connectivity index (χ0v) is 8.36. The summed E-state index contributed by atoms with van der Waals surface area (Å²) in [5.74, 6) is 0. The lowest BCUT2D eigenvalue weighted by Gasteiger charge is -2.29. The first kappa shape index (κ1) is 11.1. The highest BCUT2D eigenvalue weighted by molar-refractivity contribution is 7.72. The van der Waals surface area contributed by atoms with Gasteiger partial charge >= 0.3 is 15.2 Å². The summed E-state index contributed by atoms with van der Waals surface area (Å²) < 4.78 is 21.9. The smallest absolute Gasteiger partial charge is 0.324 e. The van der Waals surface area contributed by atoms with Crippen molar-refractivity contribution in [2.75, 3.05) is 0 Å². The van der Waals surface area contributed by atoms with Crippen molar-refractivity contribution in [3.05, 3.63) is 12.2 Å².